The number of pyridine rings is 1. The molecule has 1 aliphatic rings. The zero-order valence-electron chi connectivity index (χ0n) is 14.7. The summed E-state index contributed by atoms with van der Waals surface area (Å²) in [4.78, 5) is 10.3. The van der Waals surface area contributed by atoms with Crippen molar-refractivity contribution >= 4 is 15.9 Å². The number of piperidine rings is 1. The van der Waals surface area contributed by atoms with Crippen LogP contribution in [-0.4, -0.2) is 35.0 Å². The van der Waals surface area contributed by atoms with E-state index < -0.39 is 0 Å². The second-order valence-corrected chi connectivity index (χ2v) is 7.78. The third kappa shape index (κ3) is 3.60. The Kier molecular flexibility index (Phi) is 4.92. The second-order valence-electron chi connectivity index (χ2n) is 6.97. The maximum atomic E-state index is 13.4. The van der Waals surface area contributed by atoms with E-state index in [-0.39, 0.29) is 5.82 Å². The van der Waals surface area contributed by atoms with Gasteiger partial charge in [-0.3, -0.25) is 0 Å². The molecule has 0 radical (unpaired) electrons. The molecule has 3 aromatic rings. The number of halogens is 2. The lowest BCUT2D eigenvalue weighted by Gasteiger charge is -2.28. The summed E-state index contributed by atoms with van der Waals surface area (Å²) < 4.78 is 14.2. The van der Waals surface area contributed by atoms with Gasteiger partial charge in [0, 0.05) is 23.4 Å². The Morgan fingerprint density at radius 2 is 1.81 bits per heavy atom. The van der Waals surface area contributed by atoms with Gasteiger partial charge in [-0.15, -0.1) is 0 Å². The molecule has 0 saturated carbocycles. The van der Waals surface area contributed by atoms with Gasteiger partial charge in [0.05, 0.1) is 5.69 Å². The smallest absolute Gasteiger partial charge is 0.123 e. The quantitative estimate of drug-likeness (QED) is 0.578. The van der Waals surface area contributed by atoms with Crippen molar-refractivity contribution in [3.63, 3.8) is 0 Å². The Hall–Kier alpha value is -1.98. The molecular formula is C21H21BrFN3. The van der Waals surface area contributed by atoms with Crippen molar-refractivity contribution in [2.45, 2.75) is 18.8 Å². The molecule has 0 spiro atoms. The summed E-state index contributed by atoms with van der Waals surface area (Å²) >= 11 is 3.46. The summed E-state index contributed by atoms with van der Waals surface area (Å²) in [6.07, 6.45) is 4.11. The molecule has 1 aliphatic heterocycles. The van der Waals surface area contributed by atoms with Gasteiger partial charge in [-0.05, 0) is 103 Å². The number of H-pyrrole nitrogens is 1. The summed E-state index contributed by atoms with van der Waals surface area (Å²) in [6.45, 7) is 2.23. The number of rotatable bonds is 3. The number of likely N-dealkylation sites (tertiary alicyclic amines) is 1. The summed E-state index contributed by atoms with van der Waals surface area (Å²) in [5.74, 6) is 0.313. The Morgan fingerprint density at radius 3 is 2.50 bits per heavy atom. The molecule has 3 heterocycles. The Morgan fingerprint density at radius 1 is 1.08 bits per heavy atom. The topological polar surface area (TPSA) is 31.9 Å². The van der Waals surface area contributed by atoms with E-state index in [1.54, 1.807) is 6.20 Å². The standard InChI is InChI=1S/C21H21BrFN3/c1-26-10-7-14(8-11-26)19-13-18(16-6-9-24-20(22)12-16)21(25-19)15-2-4-17(23)5-3-15/h2-6,9,12-14,25H,7-8,10-11H2,1H3. The first kappa shape index (κ1) is 17.4. The van der Waals surface area contributed by atoms with Gasteiger partial charge in [-0.2, -0.15) is 0 Å². The van der Waals surface area contributed by atoms with Crippen LogP contribution in [0.5, 0.6) is 0 Å². The van der Waals surface area contributed by atoms with Crippen LogP contribution in [0.4, 0.5) is 4.39 Å². The van der Waals surface area contributed by atoms with Crippen molar-refractivity contribution in [3.8, 4) is 22.4 Å². The lowest BCUT2D eigenvalue weighted by molar-refractivity contribution is 0.253. The van der Waals surface area contributed by atoms with Crippen LogP contribution in [0.25, 0.3) is 22.4 Å². The van der Waals surface area contributed by atoms with Gasteiger partial charge in [-0.25, -0.2) is 9.37 Å². The average Bonchev–Trinajstić information content (AvgIpc) is 3.08. The summed E-state index contributed by atoms with van der Waals surface area (Å²) in [6, 6.07) is 13.0. The van der Waals surface area contributed by atoms with Crippen molar-refractivity contribution in [2.75, 3.05) is 20.1 Å². The normalized spacial score (nSPS) is 16.1. The second kappa shape index (κ2) is 7.33. The summed E-state index contributed by atoms with van der Waals surface area (Å²) in [5.41, 5.74) is 5.53. The molecule has 26 heavy (non-hydrogen) atoms. The van der Waals surface area contributed by atoms with Crippen LogP contribution in [0.3, 0.4) is 0 Å². The Balaban J connectivity index is 1.78. The maximum absolute atomic E-state index is 13.4. The molecule has 1 saturated heterocycles. The molecule has 0 unspecified atom stereocenters. The van der Waals surface area contributed by atoms with E-state index in [2.05, 4.69) is 43.9 Å². The van der Waals surface area contributed by atoms with E-state index in [4.69, 9.17) is 0 Å². The number of nitrogens with one attached hydrogen (secondary N) is 1. The van der Waals surface area contributed by atoms with E-state index >= 15 is 0 Å². The fraction of sp³-hybridized carbons (Fsp3) is 0.286. The molecule has 0 amide bonds. The molecular weight excluding hydrogens is 393 g/mol. The summed E-state index contributed by atoms with van der Waals surface area (Å²) in [5, 5.41) is 0. The minimum Gasteiger partial charge on any atom is -0.358 e. The van der Waals surface area contributed by atoms with Crippen LogP contribution in [0.1, 0.15) is 24.5 Å². The molecule has 3 nitrogen and oxygen atoms in total. The minimum absolute atomic E-state index is 0.218. The zero-order chi connectivity index (χ0) is 18.1. The highest BCUT2D eigenvalue weighted by Gasteiger charge is 2.22. The molecule has 1 aromatic carbocycles. The van der Waals surface area contributed by atoms with E-state index in [1.807, 2.05) is 24.3 Å². The first-order valence-electron chi connectivity index (χ1n) is 8.89. The average molecular weight is 414 g/mol. The molecule has 0 bridgehead atoms. The molecule has 0 atom stereocenters. The molecule has 5 heteroatoms. The van der Waals surface area contributed by atoms with Gasteiger partial charge in [0.2, 0.25) is 0 Å². The van der Waals surface area contributed by atoms with Gasteiger partial charge in [0.1, 0.15) is 10.4 Å². The van der Waals surface area contributed by atoms with E-state index in [9.17, 15) is 4.39 Å². The minimum atomic E-state index is -0.218. The van der Waals surface area contributed by atoms with Gasteiger partial charge < -0.3 is 9.88 Å². The Bertz CT molecular complexity index is 896. The van der Waals surface area contributed by atoms with Gasteiger partial charge in [-0.1, -0.05) is 0 Å². The highest BCUT2D eigenvalue weighted by atomic mass is 79.9. The third-order valence-corrected chi connectivity index (χ3v) is 5.60. The van der Waals surface area contributed by atoms with Crippen molar-refractivity contribution in [1.29, 1.82) is 0 Å². The fourth-order valence-electron chi connectivity index (χ4n) is 3.66. The lowest BCUT2D eigenvalue weighted by Crippen LogP contribution is -2.29. The van der Waals surface area contributed by atoms with Crippen LogP contribution in [0, 0.1) is 5.82 Å². The number of hydrogen-bond acceptors (Lipinski definition) is 2. The number of aromatic nitrogens is 2. The van der Waals surface area contributed by atoms with Crippen molar-refractivity contribution < 1.29 is 4.39 Å². The van der Waals surface area contributed by atoms with Crippen LogP contribution in [0.2, 0.25) is 0 Å². The molecule has 0 aliphatic carbocycles. The largest absolute Gasteiger partial charge is 0.358 e. The monoisotopic (exact) mass is 413 g/mol. The molecule has 4 rings (SSSR count). The van der Waals surface area contributed by atoms with Crippen LogP contribution in [-0.2, 0) is 0 Å². The van der Waals surface area contributed by atoms with E-state index in [0.717, 1.165) is 52.9 Å². The number of hydrogen-bond donors (Lipinski definition) is 1. The SMILES string of the molecule is CN1CCC(c2cc(-c3ccnc(Br)c3)c(-c3ccc(F)cc3)[nH]2)CC1. The predicted octanol–water partition coefficient (Wildman–Crippen LogP) is 5.45. The van der Waals surface area contributed by atoms with Gasteiger partial charge >= 0.3 is 0 Å². The van der Waals surface area contributed by atoms with Crippen molar-refractivity contribution in [1.82, 2.24) is 14.9 Å². The highest BCUT2D eigenvalue weighted by molar-refractivity contribution is 9.10. The number of benzene rings is 1. The molecule has 1 N–H and O–H groups in total. The van der Waals surface area contributed by atoms with Crippen molar-refractivity contribution in [3.05, 3.63) is 64.8 Å². The zero-order valence-corrected chi connectivity index (χ0v) is 16.3. The number of nitrogens with zero attached hydrogens (tertiary/aromatic N) is 2. The maximum Gasteiger partial charge on any atom is 0.123 e. The third-order valence-electron chi connectivity index (χ3n) is 5.17. The van der Waals surface area contributed by atoms with Crippen molar-refractivity contribution in [2.24, 2.45) is 0 Å². The fourth-order valence-corrected chi connectivity index (χ4v) is 4.02. The Labute approximate surface area is 161 Å². The number of aromatic amines is 1. The van der Waals surface area contributed by atoms with Crippen LogP contribution >= 0.6 is 15.9 Å². The first-order valence-corrected chi connectivity index (χ1v) is 9.69. The van der Waals surface area contributed by atoms with Crippen LogP contribution < -0.4 is 0 Å². The summed E-state index contributed by atoms with van der Waals surface area (Å²) in [7, 11) is 2.18. The van der Waals surface area contributed by atoms with Gasteiger partial charge in [0.25, 0.3) is 0 Å². The molecule has 2 aromatic heterocycles. The predicted molar refractivity (Wildman–Crippen MR) is 107 cm³/mol. The van der Waals surface area contributed by atoms with E-state index in [0.29, 0.717) is 5.92 Å². The first-order chi connectivity index (χ1) is 12.6. The van der Waals surface area contributed by atoms with Gasteiger partial charge in [0.15, 0.2) is 0 Å². The van der Waals surface area contributed by atoms with Crippen LogP contribution in [0.15, 0.2) is 53.3 Å². The highest BCUT2D eigenvalue weighted by Crippen LogP contribution is 2.37. The molecule has 1 fully saturated rings. The molecule has 134 valence electrons. The lowest BCUT2D eigenvalue weighted by atomic mass is 9.93. The van der Waals surface area contributed by atoms with E-state index in [1.165, 1.54) is 17.8 Å².